The van der Waals surface area contributed by atoms with E-state index in [0.717, 1.165) is 12.1 Å². The molecule has 1 N–H and O–H groups in total. The standard InChI is InChI=1S/C18H19N3O3/c1-12-5-3-6-15(20-12)18-21-14-8-7-13(11-16(14)24-18)17(22)19-9-4-10-23-2/h3,5-8,11H,4,9-10H2,1-2H3,(H,19,22). The summed E-state index contributed by atoms with van der Waals surface area (Å²) in [5, 5.41) is 2.85. The molecular formula is C18H19N3O3. The van der Waals surface area contributed by atoms with Crippen molar-refractivity contribution in [1.82, 2.24) is 15.3 Å². The number of pyridine rings is 1. The van der Waals surface area contributed by atoms with Crippen LogP contribution in [0.5, 0.6) is 0 Å². The molecule has 0 radical (unpaired) electrons. The Hall–Kier alpha value is -2.73. The number of rotatable bonds is 6. The molecule has 0 fully saturated rings. The van der Waals surface area contributed by atoms with Gasteiger partial charge in [-0.25, -0.2) is 9.97 Å². The highest BCUT2D eigenvalue weighted by atomic mass is 16.5. The zero-order chi connectivity index (χ0) is 16.9. The predicted molar refractivity (Wildman–Crippen MR) is 90.8 cm³/mol. The van der Waals surface area contributed by atoms with Crippen LogP contribution in [0.4, 0.5) is 0 Å². The maximum atomic E-state index is 12.1. The molecule has 24 heavy (non-hydrogen) atoms. The number of nitrogens with one attached hydrogen (secondary N) is 1. The molecule has 0 spiro atoms. The Morgan fingerprint density at radius 3 is 2.92 bits per heavy atom. The van der Waals surface area contributed by atoms with Gasteiger partial charge in [0.2, 0.25) is 5.89 Å². The summed E-state index contributed by atoms with van der Waals surface area (Å²) in [5.41, 5.74) is 3.38. The number of amides is 1. The number of aromatic nitrogens is 2. The SMILES string of the molecule is COCCCNC(=O)c1ccc2nc(-c3cccc(C)n3)oc2c1. The number of hydrogen-bond donors (Lipinski definition) is 1. The molecule has 0 aliphatic carbocycles. The average Bonchev–Trinajstić information content (AvgIpc) is 3.02. The number of methoxy groups -OCH3 is 1. The molecule has 2 aromatic heterocycles. The van der Waals surface area contributed by atoms with Crippen molar-refractivity contribution in [2.24, 2.45) is 0 Å². The van der Waals surface area contributed by atoms with Gasteiger partial charge in [0.1, 0.15) is 11.2 Å². The van der Waals surface area contributed by atoms with E-state index in [1.54, 1.807) is 25.3 Å². The predicted octanol–water partition coefficient (Wildman–Crippen LogP) is 2.96. The minimum absolute atomic E-state index is 0.139. The minimum atomic E-state index is -0.139. The fourth-order valence-corrected chi connectivity index (χ4v) is 2.36. The number of nitrogens with zero attached hydrogens (tertiary/aromatic N) is 2. The fourth-order valence-electron chi connectivity index (χ4n) is 2.36. The van der Waals surface area contributed by atoms with E-state index in [4.69, 9.17) is 9.15 Å². The Morgan fingerprint density at radius 2 is 2.12 bits per heavy atom. The van der Waals surface area contributed by atoms with E-state index < -0.39 is 0 Å². The third-order valence-electron chi connectivity index (χ3n) is 3.57. The summed E-state index contributed by atoms with van der Waals surface area (Å²) in [5.74, 6) is 0.311. The molecule has 1 aromatic carbocycles. The molecule has 6 heteroatoms. The van der Waals surface area contributed by atoms with Crippen LogP contribution in [0.3, 0.4) is 0 Å². The largest absolute Gasteiger partial charge is 0.435 e. The van der Waals surface area contributed by atoms with E-state index >= 15 is 0 Å². The molecule has 0 aliphatic rings. The average molecular weight is 325 g/mol. The number of carbonyl (C=O) groups excluding carboxylic acids is 1. The molecule has 0 unspecified atom stereocenters. The van der Waals surface area contributed by atoms with Crippen molar-refractivity contribution in [3.05, 3.63) is 47.7 Å². The molecule has 1 amide bonds. The lowest BCUT2D eigenvalue weighted by molar-refractivity contribution is 0.0948. The Bertz CT molecular complexity index is 858. The molecule has 3 rings (SSSR count). The van der Waals surface area contributed by atoms with Crippen molar-refractivity contribution in [2.45, 2.75) is 13.3 Å². The van der Waals surface area contributed by atoms with Crippen LogP contribution >= 0.6 is 0 Å². The van der Waals surface area contributed by atoms with Gasteiger partial charge in [-0.2, -0.15) is 0 Å². The molecule has 0 saturated carbocycles. The van der Waals surface area contributed by atoms with Gasteiger partial charge in [-0.15, -0.1) is 0 Å². The highest BCUT2D eigenvalue weighted by molar-refractivity contribution is 5.97. The van der Waals surface area contributed by atoms with Gasteiger partial charge in [-0.3, -0.25) is 4.79 Å². The second-order valence-electron chi connectivity index (χ2n) is 5.47. The maximum absolute atomic E-state index is 12.1. The molecule has 0 bridgehead atoms. The molecular weight excluding hydrogens is 306 g/mol. The Morgan fingerprint density at radius 1 is 1.25 bits per heavy atom. The van der Waals surface area contributed by atoms with Crippen LogP contribution in [0.2, 0.25) is 0 Å². The third-order valence-corrected chi connectivity index (χ3v) is 3.57. The Labute approximate surface area is 139 Å². The first-order valence-corrected chi connectivity index (χ1v) is 7.79. The number of ether oxygens (including phenoxy) is 1. The molecule has 2 heterocycles. The van der Waals surface area contributed by atoms with Crippen molar-refractivity contribution in [3.8, 4) is 11.6 Å². The van der Waals surface area contributed by atoms with Crippen LogP contribution in [0, 0.1) is 6.92 Å². The van der Waals surface area contributed by atoms with Gasteiger partial charge in [0.05, 0.1) is 0 Å². The molecule has 0 saturated heterocycles. The number of benzene rings is 1. The van der Waals surface area contributed by atoms with E-state index in [-0.39, 0.29) is 5.91 Å². The Balaban J connectivity index is 1.80. The number of hydrogen-bond acceptors (Lipinski definition) is 5. The highest BCUT2D eigenvalue weighted by Crippen LogP contribution is 2.23. The summed E-state index contributed by atoms with van der Waals surface area (Å²) in [6, 6.07) is 10.9. The maximum Gasteiger partial charge on any atom is 0.251 e. The van der Waals surface area contributed by atoms with Gasteiger partial charge in [0.25, 0.3) is 5.91 Å². The normalized spacial score (nSPS) is 10.9. The molecule has 0 aliphatic heterocycles. The lowest BCUT2D eigenvalue weighted by atomic mass is 10.2. The van der Waals surface area contributed by atoms with E-state index in [9.17, 15) is 4.79 Å². The molecule has 6 nitrogen and oxygen atoms in total. The molecule has 0 atom stereocenters. The van der Waals surface area contributed by atoms with Gasteiger partial charge in [0.15, 0.2) is 5.58 Å². The lowest BCUT2D eigenvalue weighted by Crippen LogP contribution is -2.25. The van der Waals surface area contributed by atoms with Crippen molar-refractivity contribution >= 4 is 17.0 Å². The highest BCUT2D eigenvalue weighted by Gasteiger charge is 2.12. The molecule has 3 aromatic rings. The van der Waals surface area contributed by atoms with Crippen LogP contribution in [0.25, 0.3) is 22.7 Å². The number of oxazole rings is 1. The third kappa shape index (κ3) is 3.60. The van der Waals surface area contributed by atoms with Gasteiger partial charge >= 0.3 is 0 Å². The topological polar surface area (TPSA) is 77.2 Å². The van der Waals surface area contributed by atoms with E-state index in [0.29, 0.717) is 41.4 Å². The summed E-state index contributed by atoms with van der Waals surface area (Å²) < 4.78 is 10.7. The summed E-state index contributed by atoms with van der Waals surface area (Å²) in [6.07, 6.45) is 0.774. The van der Waals surface area contributed by atoms with E-state index in [1.165, 1.54) is 0 Å². The van der Waals surface area contributed by atoms with Gasteiger partial charge < -0.3 is 14.5 Å². The second kappa shape index (κ2) is 7.23. The Kier molecular flexibility index (Phi) is 4.86. The second-order valence-corrected chi connectivity index (χ2v) is 5.47. The van der Waals surface area contributed by atoms with Gasteiger partial charge in [0, 0.05) is 31.5 Å². The quantitative estimate of drug-likeness (QED) is 0.705. The van der Waals surface area contributed by atoms with Crippen molar-refractivity contribution < 1.29 is 13.9 Å². The summed E-state index contributed by atoms with van der Waals surface area (Å²) in [7, 11) is 1.64. The van der Waals surface area contributed by atoms with E-state index in [2.05, 4.69) is 15.3 Å². The number of carbonyl (C=O) groups is 1. The first-order chi connectivity index (χ1) is 11.7. The first kappa shape index (κ1) is 16.1. The fraction of sp³-hybridized carbons (Fsp3) is 0.278. The van der Waals surface area contributed by atoms with Crippen molar-refractivity contribution in [2.75, 3.05) is 20.3 Å². The van der Waals surface area contributed by atoms with Crippen LogP contribution in [0.15, 0.2) is 40.8 Å². The number of fused-ring (bicyclic) bond motifs is 1. The summed E-state index contributed by atoms with van der Waals surface area (Å²) in [6.45, 7) is 3.10. The summed E-state index contributed by atoms with van der Waals surface area (Å²) in [4.78, 5) is 21.0. The van der Waals surface area contributed by atoms with Crippen LogP contribution in [-0.2, 0) is 4.74 Å². The molecule has 124 valence electrons. The number of aryl methyl sites for hydroxylation is 1. The van der Waals surface area contributed by atoms with Crippen molar-refractivity contribution in [3.63, 3.8) is 0 Å². The van der Waals surface area contributed by atoms with Crippen LogP contribution in [-0.4, -0.2) is 36.1 Å². The van der Waals surface area contributed by atoms with Gasteiger partial charge in [-0.1, -0.05) is 6.07 Å². The zero-order valence-corrected chi connectivity index (χ0v) is 13.7. The smallest absolute Gasteiger partial charge is 0.251 e. The first-order valence-electron chi connectivity index (χ1n) is 7.79. The minimum Gasteiger partial charge on any atom is -0.435 e. The van der Waals surface area contributed by atoms with Crippen LogP contribution in [0.1, 0.15) is 22.5 Å². The summed E-state index contributed by atoms with van der Waals surface area (Å²) >= 11 is 0. The monoisotopic (exact) mass is 325 g/mol. The van der Waals surface area contributed by atoms with Gasteiger partial charge in [-0.05, 0) is 43.7 Å². The van der Waals surface area contributed by atoms with Crippen molar-refractivity contribution in [1.29, 1.82) is 0 Å². The van der Waals surface area contributed by atoms with E-state index in [1.807, 2.05) is 25.1 Å². The lowest BCUT2D eigenvalue weighted by Gasteiger charge is -2.04. The zero-order valence-electron chi connectivity index (χ0n) is 13.7. The van der Waals surface area contributed by atoms with Crippen LogP contribution < -0.4 is 5.32 Å².